The lowest BCUT2D eigenvalue weighted by molar-refractivity contribution is 0.0558. The van der Waals surface area contributed by atoms with Gasteiger partial charge in [0.1, 0.15) is 0 Å². The first-order chi connectivity index (χ1) is 6.06. The molecule has 0 amide bonds. The number of rotatable bonds is 1. The molecular weight excluding hydrogens is 244 g/mol. The fourth-order valence-corrected chi connectivity index (χ4v) is 1.03. The van der Waals surface area contributed by atoms with Crippen LogP contribution in [-0.4, -0.2) is 18.2 Å². The van der Waals surface area contributed by atoms with E-state index in [0.717, 1.165) is 13.2 Å². The minimum absolute atomic E-state index is 0.0872. The number of esters is 1. The number of ether oxygens (including phenoxy) is 1. The fraction of sp³-hybridized carbons (Fsp3) is 0.143. The van der Waals surface area contributed by atoms with Crippen LogP contribution in [0.25, 0.3) is 0 Å². The van der Waals surface area contributed by atoms with Crippen molar-refractivity contribution < 1.29 is 19.1 Å². The van der Waals surface area contributed by atoms with Gasteiger partial charge in [-0.3, -0.25) is 0 Å². The molecule has 5 nitrogen and oxygen atoms in total. The van der Waals surface area contributed by atoms with Gasteiger partial charge in [-0.15, -0.1) is 0 Å². The Morgan fingerprint density at radius 1 is 1.69 bits per heavy atom. The monoisotopic (exact) mass is 248 g/mol. The van der Waals surface area contributed by atoms with E-state index in [1.165, 1.54) is 0 Å². The van der Waals surface area contributed by atoms with Crippen molar-refractivity contribution in [3.05, 3.63) is 26.7 Å². The highest BCUT2D eigenvalue weighted by molar-refractivity contribution is 9.10. The lowest BCUT2D eigenvalue weighted by Gasteiger charge is -1.98. The summed E-state index contributed by atoms with van der Waals surface area (Å²) in [6, 6.07) is 1.16. The summed E-state index contributed by atoms with van der Waals surface area (Å²) in [7, 11) is 1.16. The molecule has 1 rings (SSSR count). The molecule has 6 heteroatoms. The second-order valence-corrected chi connectivity index (χ2v) is 2.94. The van der Waals surface area contributed by atoms with Crippen LogP contribution in [0.2, 0.25) is 0 Å². The number of aromatic hydroxyl groups is 1. The molecule has 13 heavy (non-hydrogen) atoms. The zero-order chi connectivity index (χ0) is 10.0. The Kier molecular flexibility index (Phi) is 2.72. The lowest BCUT2D eigenvalue weighted by atomic mass is 10.4. The molecule has 0 bridgehead atoms. The summed E-state index contributed by atoms with van der Waals surface area (Å²) < 4.78 is 8.83. The summed E-state index contributed by atoms with van der Waals surface area (Å²) in [6.07, 6.45) is 0. The summed E-state index contributed by atoms with van der Waals surface area (Å²) in [5.74, 6) is -1.62. The third-order valence-electron chi connectivity index (χ3n) is 1.27. The van der Waals surface area contributed by atoms with Gasteiger partial charge in [0.25, 0.3) is 0 Å². The first-order valence-electron chi connectivity index (χ1n) is 3.17. The summed E-state index contributed by atoms with van der Waals surface area (Å²) >= 11 is 2.88. The maximum absolute atomic E-state index is 10.9. The largest absolute Gasteiger partial charge is 0.501 e. The number of halogens is 1. The summed E-state index contributed by atoms with van der Waals surface area (Å²) in [5, 5.41) is 8.98. The zero-order valence-corrected chi connectivity index (χ0v) is 8.12. The number of hydrogen-bond acceptors (Lipinski definition) is 5. The van der Waals surface area contributed by atoms with Crippen molar-refractivity contribution in [3.8, 4) is 5.75 Å². The molecule has 0 atom stereocenters. The average Bonchev–Trinajstić information content (AvgIpc) is 2.12. The molecule has 1 heterocycles. The molecule has 0 aromatic carbocycles. The van der Waals surface area contributed by atoms with Crippen molar-refractivity contribution in [2.75, 3.05) is 7.11 Å². The standard InChI is InChI=1S/C7H5BrO5/c1-12-6(10)4-2-3(8)5(9)7(11)13-4/h2,9H,1H3. The van der Waals surface area contributed by atoms with Gasteiger partial charge in [-0.2, -0.15) is 0 Å². The SMILES string of the molecule is COC(=O)c1cc(Br)c(O)c(=O)o1. The Morgan fingerprint density at radius 3 is 2.77 bits per heavy atom. The van der Waals surface area contributed by atoms with E-state index < -0.39 is 17.3 Å². The highest BCUT2D eigenvalue weighted by Crippen LogP contribution is 2.20. The van der Waals surface area contributed by atoms with Crippen LogP contribution in [-0.2, 0) is 4.74 Å². The molecule has 0 radical (unpaired) electrons. The molecule has 0 aliphatic heterocycles. The van der Waals surface area contributed by atoms with Crippen LogP contribution in [0, 0.1) is 0 Å². The first kappa shape index (κ1) is 9.79. The molecule has 1 aromatic rings. The van der Waals surface area contributed by atoms with Crippen LogP contribution in [0.1, 0.15) is 10.6 Å². The molecule has 1 aromatic heterocycles. The maximum Gasteiger partial charge on any atom is 0.380 e. The van der Waals surface area contributed by atoms with E-state index in [-0.39, 0.29) is 10.2 Å². The highest BCUT2D eigenvalue weighted by atomic mass is 79.9. The van der Waals surface area contributed by atoms with Gasteiger partial charge < -0.3 is 14.3 Å². The van der Waals surface area contributed by atoms with E-state index in [0.29, 0.717) is 0 Å². The van der Waals surface area contributed by atoms with Crippen LogP contribution in [0.5, 0.6) is 5.75 Å². The van der Waals surface area contributed by atoms with Crippen LogP contribution < -0.4 is 5.63 Å². The molecule has 0 spiro atoms. The highest BCUT2D eigenvalue weighted by Gasteiger charge is 2.14. The third kappa shape index (κ3) is 1.89. The van der Waals surface area contributed by atoms with E-state index in [9.17, 15) is 9.59 Å². The number of methoxy groups -OCH3 is 1. The number of carbonyl (C=O) groups is 1. The van der Waals surface area contributed by atoms with Gasteiger partial charge in [-0.05, 0) is 15.9 Å². The van der Waals surface area contributed by atoms with E-state index >= 15 is 0 Å². The first-order valence-corrected chi connectivity index (χ1v) is 3.96. The van der Waals surface area contributed by atoms with E-state index in [1.54, 1.807) is 0 Å². The molecule has 0 unspecified atom stereocenters. The van der Waals surface area contributed by atoms with Gasteiger partial charge in [0.15, 0.2) is 0 Å². The van der Waals surface area contributed by atoms with Crippen molar-refractivity contribution in [3.63, 3.8) is 0 Å². The van der Waals surface area contributed by atoms with Crippen LogP contribution in [0.3, 0.4) is 0 Å². The minimum atomic E-state index is -0.991. The topological polar surface area (TPSA) is 76.7 Å². The van der Waals surface area contributed by atoms with Gasteiger partial charge in [-0.25, -0.2) is 9.59 Å². The molecule has 0 aliphatic rings. The zero-order valence-electron chi connectivity index (χ0n) is 6.54. The van der Waals surface area contributed by atoms with Gasteiger partial charge in [0.05, 0.1) is 11.6 Å². The second kappa shape index (κ2) is 3.61. The minimum Gasteiger partial charge on any atom is -0.501 e. The summed E-state index contributed by atoms with van der Waals surface area (Å²) in [6.45, 7) is 0. The third-order valence-corrected chi connectivity index (χ3v) is 1.87. The summed E-state index contributed by atoms with van der Waals surface area (Å²) in [5.41, 5.74) is -0.991. The van der Waals surface area contributed by atoms with Crippen molar-refractivity contribution in [1.29, 1.82) is 0 Å². The smallest absolute Gasteiger partial charge is 0.380 e. The molecule has 0 fully saturated rings. The van der Waals surface area contributed by atoms with E-state index in [2.05, 4.69) is 25.1 Å². The molecule has 0 aliphatic carbocycles. The lowest BCUT2D eigenvalue weighted by Crippen LogP contribution is -2.07. The maximum atomic E-state index is 10.9. The quantitative estimate of drug-likeness (QED) is 0.748. The Bertz CT molecular complexity index is 394. The van der Waals surface area contributed by atoms with Crippen molar-refractivity contribution in [2.24, 2.45) is 0 Å². The molecule has 0 saturated heterocycles. The van der Waals surface area contributed by atoms with Crippen molar-refractivity contribution in [2.45, 2.75) is 0 Å². The van der Waals surface area contributed by atoms with Gasteiger partial charge in [0.2, 0.25) is 11.5 Å². The molecule has 0 saturated carbocycles. The van der Waals surface area contributed by atoms with Gasteiger partial charge in [-0.1, -0.05) is 0 Å². The Labute approximate surface area is 81.1 Å². The molecular formula is C7H5BrO5. The fourth-order valence-electron chi connectivity index (χ4n) is 0.660. The Morgan fingerprint density at radius 2 is 2.31 bits per heavy atom. The normalized spacial score (nSPS) is 9.69. The molecule has 1 N–H and O–H groups in total. The van der Waals surface area contributed by atoms with Crippen molar-refractivity contribution in [1.82, 2.24) is 0 Å². The van der Waals surface area contributed by atoms with Crippen LogP contribution >= 0.6 is 15.9 Å². The van der Waals surface area contributed by atoms with Crippen LogP contribution in [0.15, 0.2) is 19.8 Å². The Hall–Kier alpha value is -1.30. The average molecular weight is 249 g/mol. The van der Waals surface area contributed by atoms with Gasteiger partial charge in [0, 0.05) is 6.07 Å². The predicted octanol–water partition coefficient (Wildman–Crippen LogP) is 0.894. The van der Waals surface area contributed by atoms with Crippen LogP contribution in [0.4, 0.5) is 0 Å². The van der Waals surface area contributed by atoms with Crippen molar-refractivity contribution >= 4 is 21.9 Å². The summed E-state index contributed by atoms with van der Waals surface area (Å²) in [4.78, 5) is 21.7. The Balaban J connectivity index is 3.29. The molecule has 70 valence electrons. The number of hydrogen-bond donors (Lipinski definition) is 1. The second-order valence-electron chi connectivity index (χ2n) is 2.09. The number of carbonyl (C=O) groups excluding carboxylic acids is 1. The van der Waals surface area contributed by atoms with E-state index in [1.807, 2.05) is 0 Å². The van der Waals surface area contributed by atoms with E-state index in [4.69, 9.17) is 5.11 Å². The van der Waals surface area contributed by atoms with Gasteiger partial charge >= 0.3 is 11.6 Å². The predicted molar refractivity (Wildman–Crippen MR) is 45.7 cm³/mol.